The van der Waals surface area contributed by atoms with E-state index in [0.717, 1.165) is 36.7 Å². The summed E-state index contributed by atoms with van der Waals surface area (Å²) in [6.07, 6.45) is 1.09. The summed E-state index contributed by atoms with van der Waals surface area (Å²) in [4.78, 5) is 20.7. The topological polar surface area (TPSA) is 36.4 Å². The van der Waals surface area contributed by atoms with Crippen molar-refractivity contribution >= 4 is 17.3 Å². The Balaban J connectivity index is 2.20. The van der Waals surface area contributed by atoms with Crippen molar-refractivity contribution in [3.8, 4) is 0 Å². The zero-order valence-electron chi connectivity index (χ0n) is 11.7. The molecule has 0 aliphatic carbocycles. The normalized spacial score (nSPS) is 24.4. The molecule has 2 bridgehead atoms. The fourth-order valence-corrected chi connectivity index (χ4v) is 3.28. The first-order valence-corrected chi connectivity index (χ1v) is 6.65. The quantitative estimate of drug-likeness (QED) is 0.763. The van der Waals surface area contributed by atoms with Gasteiger partial charge in [0.15, 0.2) is 11.6 Å². The second kappa shape index (κ2) is 3.83. The molecule has 0 saturated carbocycles. The lowest BCUT2D eigenvalue weighted by Gasteiger charge is -2.44. The average Bonchev–Trinajstić information content (AvgIpc) is 2.66. The molecule has 0 unspecified atom stereocenters. The molecule has 1 atom stereocenters. The number of fused-ring (bicyclic) bond motifs is 4. The average molecular weight is 257 g/mol. The van der Waals surface area contributed by atoms with Crippen LogP contribution in [0, 0.1) is 0 Å². The van der Waals surface area contributed by atoms with Crippen LogP contribution in [0.1, 0.15) is 37.7 Å². The molecular weight excluding hydrogens is 238 g/mol. The van der Waals surface area contributed by atoms with Crippen LogP contribution in [0.15, 0.2) is 24.4 Å². The van der Waals surface area contributed by atoms with Crippen LogP contribution in [0.5, 0.6) is 0 Å². The van der Waals surface area contributed by atoms with Gasteiger partial charge in [0.25, 0.3) is 0 Å². The molecule has 3 heterocycles. The molecule has 0 aromatic carbocycles. The first-order valence-electron chi connectivity index (χ1n) is 6.65. The van der Waals surface area contributed by atoms with Gasteiger partial charge in [0.05, 0.1) is 11.2 Å². The minimum atomic E-state index is 0.00235. The van der Waals surface area contributed by atoms with E-state index in [1.807, 2.05) is 19.1 Å². The molecule has 1 saturated heterocycles. The first kappa shape index (κ1) is 12.2. The zero-order valence-corrected chi connectivity index (χ0v) is 11.7. The van der Waals surface area contributed by atoms with E-state index in [1.54, 1.807) is 6.92 Å². The molecular formula is C15H19N3O. The number of aromatic nitrogens is 1. The summed E-state index contributed by atoms with van der Waals surface area (Å²) in [5.41, 5.74) is 2.67. The van der Waals surface area contributed by atoms with Crippen LogP contribution in [-0.4, -0.2) is 29.4 Å². The molecule has 2 aliphatic rings. The predicted octanol–water partition coefficient (Wildman–Crippen LogP) is 2.61. The van der Waals surface area contributed by atoms with Gasteiger partial charge < -0.3 is 9.80 Å². The van der Waals surface area contributed by atoms with Crippen molar-refractivity contribution in [3.63, 3.8) is 0 Å². The molecule has 2 aliphatic heterocycles. The van der Waals surface area contributed by atoms with Crippen LogP contribution in [0.4, 0.5) is 11.5 Å². The van der Waals surface area contributed by atoms with Crippen LogP contribution in [-0.2, 0) is 0 Å². The lowest BCUT2D eigenvalue weighted by molar-refractivity contribution is 0.101. The van der Waals surface area contributed by atoms with Gasteiger partial charge >= 0.3 is 0 Å². The van der Waals surface area contributed by atoms with Gasteiger partial charge in [0.1, 0.15) is 5.69 Å². The number of ketones is 1. The third kappa shape index (κ3) is 1.66. The van der Waals surface area contributed by atoms with Gasteiger partial charge in [-0.15, -0.1) is 0 Å². The van der Waals surface area contributed by atoms with Gasteiger partial charge in [-0.05, 0) is 32.4 Å². The Kier molecular flexibility index (Phi) is 2.46. The molecule has 0 N–H and O–H groups in total. The maximum absolute atomic E-state index is 11.5. The number of pyridine rings is 1. The second-order valence-electron chi connectivity index (χ2n) is 5.83. The predicted molar refractivity (Wildman–Crippen MR) is 76.8 cm³/mol. The molecule has 3 rings (SSSR count). The van der Waals surface area contributed by atoms with Crippen LogP contribution in [0.25, 0.3) is 0 Å². The van der Waals surface area contributed by atoms with Crippen molar-refractivity contribution < 1.29 is 4.79 Å². The Morgan fingerprint density at radius 2 is 2.16 bits per heavy atom. The van der Waals surface area contributed by atoms with Gasteiger partial charge in [0.2, 0.25) is 0 Å². The Labute approximate surface area is 113 Å². The van der Waals surface area contributed by atoms with Crippen LogP contribution >= 0.6 is 0 Å². The summed E-state index contributed by atoms with van der Waals surface area (Å²) in [5.74, 6) is 0.883. The van der Waals surface area contributed by atoms with Gasteiger partial charge in [-0.2, -0.15) is 0 Å². The molecule has 4 heteroatoms. The van der Waals surface area contributed by atoms with Crippen LogP contribution in [0.2, 0.25) is 0 Å². The molecule has 100 valence electrons. The lowest BCUT2D eigenvalue weighted by atomic mass is 9.96. The Hall–Kier alpha value is -1.84. The monoisotopic (exact) mass is 257 g/mol. The van der Waals surface area contributed by atoms with E-state index in [9.17, 15) is 4.79 Å². The number of hydrogen-bond donors (Lipinski definition) is 0. The highest BCUT2D eigenvalue weighted by Gasteiger charge is 2.46. The second-order valence-corrected chi connectivity index (χ2v) is 5.83. The number of anilines is 2. The van der Waals surface area contributed by atoms with E-state index < -0.39 is 0 Å². The van der Waals surface area contributed by atoms with Crippen LogP contribution < -0.4 is 9.80 Å². The third-order valence-electron chi connectivity index (χ3n) is 4.14. The van der Waals surface area contributed by atoms with E-state index >= 15 is 0 Å². The van der Waals surface area contributed by atoms with Crippen molar-refractivity contribution in [2.45, 2.75) is 32.7 Å². The Bertz CT molecular complexity index is 581. The van der Waals surface area contributed by atoms with Gasteiger partial charge in [0, 0.05) is 25.7 Å². The standard InChI is InChI=1S/C15H19N3O/c1-10(2)18-14-13(6-5-12(16-14)11(3)19)17-8-7-15(18,4)9-17/h5-6H,1,7-9H2,2-4H3/t15-/m0/s1. The SMILES string of the molecule is C=C(C)N1c2nc(C(C)=O)ccc2N2CC[C@@]1(C)C2. The fraction of sp³-hybridized carbons (Fsp3) is 0.467. The van der Waals surface area contributed by atoms with Gasteiger partial charge in [-0.1, -0.05) is 6.58 Å². The van der Waals surface area contributed by atoms with Gasteiger partial charge in [-0.3, -0.25) is 4.79 Å². The highest BCUT2D eigenvalue weighted by Crippen LogP contribution is 2.45. The maximum Gasteiger partial charge on any atom is 0.178 e. The number of hydrogen-bond acceptors (Lipinski definition) is 4. The smallest absolute Gasteiger partial charge is 0.178 e. The van der Waals surface area contributed by atoms with Crippen LogP contribution in [0.3, 0.4) is 0 Å². The largest absolute Gasteiger partial charge is 0.366 e. The Morgan fingerprint density at radius 3 is 2.79 bits per heavy atom. The van der Waals surface area contributed by atoms with E-state index in [1.165, 1.54) is 0 Å². The lowest BCUT2D eigenvalue weighted by Crippen LogP contribution is -2.51. The van der Waals surface area contributed by atoms with Crippen molar-refractivity contribution in [3.05, 3.63) is 30.1 Å². The fourth-order valence-electron chi connectivity index (χ4n) is 3.28. The molecule has 1 fully saturated rings. The highest BCUT2D eigenvalue weighted by atomic mass is 16.1. The third-order valence-corrected chi connectivity index (χ3v) is 4.14. The molecule has 0 spiro atoms. The molecule has 4 nitrogen and oxygen atoms in total. The first-order chi connectivity index (χ1) is 8.92. The van der Waals surface area contributed by atoms with Crippen molar-refractivity contribution in [2.24, 2.45) is 0 Å². The number of nitrogens with zero attached hydrogens (tertiary/aromatic N) is 3. The Morgan fingerprint density at radius 1 is 1.42 bits per heavy atom. The molecule has 0 amide bonds. The van der Waals surface area contributed by atoms with E-state index in [4.69, 9.17) is 0 Å². The van der Waals surface area contributed by atoms with Gasteiger partial charge in [-0.25, -0.2) is 4.98 Å². The van der Waals surface area contributed by atoms with E-state index in [-0.39, 0.29) is 11.3 Å². The van der Waals surface area contributed by atoms with Crippen molar-refractivity contribution in [1.82, 2.24) is 4.98 Å². The molecule has 19 heavy (non-hydrogen) atoms. The molecule has 1 aromatic rings. The zero-order chi connectivity index (χ0) is 13.8. The number of carbonyl (C=O) groups is 1. The highest BCUT2D eigenvalue weighted by molar-refractivity contribution is 5.93. The summed E-state index contributed by atoms with van der Waals surface area (Å²) in [7, 11) is 0. The maximum atomic E-state index is 11.5. The summed E-state index contributed by atoms with van der Waals surface area (Å²) in [5, 5.41) is 0. The molecule has 1 aromatic heterocycles. The number of Topliss-reactive ketones (excluding diaryl/α,β-unsaturated/α-hetero) is 1. The number of rotatable bonds is 2. The summed E-state index contributed by atoms with van der Waals surface area (Å²) in [6, 6.07) is 3.83. The minimum Gasteiger partial charge on any atom is -0.366 e. The summed E-state index contributed by atoms with van der Waals surface area (Å²) < 4.78 is 0. The van der Waals surface area contributed by atoms with E-state index in [2.05, 4.69) is 28.3 Å². The van der Waals surface area contributed by atoms with E-state index in [0.29, 0.717) is 5.69 Å². The number of allylic oxidation sites excluding steroid dienone is 1. The number of carbonyl (C=O) groups excluding carboxylic acids is 1. The molecule has 0 radical (unpaired) electrons. The van der Waals surface area contributed by atoms with Crippen molar-refractivity contribution in [2.75, 3.05) is 22.9 Å². The summed E-state index contributed by atoms with van der Waals surface area (Å²) in [6.45, 7) is 11.9. The minimum absolute atomic E-state index is 0.00235. The van der Waals surface area contributed by atoms with Crippen molar-refractivity contribution in [1.29, 1.82) is 0 Å². The summed E-state index contributed by atoms with van der Waals surface area (Å²) >= 11 is 0.